The van der Waals surface area contributed by atoms with E-state index in [4.69, 9.17) is 14.2 Å². The summed E-state index contributed by atoms with van der Waals surface area (Å²) in [7, 11) is 4.71. The van der Waals surface area contributed by atoms with Gasteiger partial charge in [-0.2, -0.15) is 0 Å². The number of hydrogen-bond donors (Lipinski definition) is 0. The monoisotopic (exact) mass is 238 g/mol. The molecule has 0 saturated heterocycles. The molecule has 4 nitrogen and oxygen atoms in total. The van der Waals surface area contributed by atoms with Crippen molar-refractivity contribution in [2.24, 2.45) is 0 Å². The molecule has 4 heteroatoms. The summed E-state index contributed by atoms with van der Waals surface area (Å²) < 4.78 is 15.1. The summed E-state index contributed by atoms with van der Waals surface area (Å²) in [4.78, 5) is 11.3. The first-order valence-corrected chi connectivity index (χ1v) is 5.42. The Balaban J connectivity index is 2.63. The van der Waals surface area contributed by atoms with Crippen LogP contribution in [-0.2, 0) is 16.0 Å². The lowest BCUT2D eigenvalue weighted by Gasteiger charge is -2.09. The molecular formula is C13H18O4. The van der Waals surface area contributed by atoms with E-state index < -0.39 is 0 Å². The van der Waals surface area contributed by atoms with Crippen LogP contribution in [0.2, 0.25) is 0 Å². The van der Waals surface area contributed by atoms with Gasteiger partial charge in [-0.1, -0.05) is 6.07 Å². The van der Waals surface area contributed by atoms with Crippen molar-refractivity contribution in [1.82, 2.24) is 0 Å². The quantitative estimate of drug-likeness (QED) is 0.727. The van der Waals surface area contributed by atoms with Gasteiger partial charge in [0.2, 0.25) is 0 Å². The summed E-state index contributed by atoms with van der Waals surface area (Å²) in [6, 6.07) is 5.66. The van der Waals surface area contributed by atoms with Crippen molar-refractivity contribution in [3.05, 3.63) is 23.8 Å². The second-order valence-electron chi connectivity index (χ2n) is 3.66. The van der Waals surface area contributed by atoms with Gasteiger partial charge in [0.15, 0.2) is 17.3 Å². The zero-order valence-electron chi connectivity index (χ0n) is 10.5. The molecule has 0 N–H and O–H groups in total. The number of Topliss-reactive ketones (excluding diaryl/α,β-unsaturated/α-hetero) is 1. The van der Waals surface area contributed by atoms with Crippen LogP contribution < -0.4 is 9.47 Å². The fourth-order valence-corrected chi connectivity index (χ4v) is 1.55. The Kier molecular flexibility index (Phi) is 5.49. The van der Waals surface area contributed by atoms with Crippen LogP contribution in [-0.4, -0.2) is 33.7 Å². The molecule has 1 aromatic rings. The molecule has 0 spiro atoms. The first-order chi connectivity index (χ1) is 8.21. The number of benzene rings is 1. The highest BCUT2D eigenvalue weighted by Gasteiger charge is 2.06. The minimum Gasteiger partial charge on any atom is -0.493 e. The highest BCUT2D eigenvalue weighted by atomic mass is 16.5. The summed E-state index contributed by atoms with van der Waals surface area (Å²) in [5.41, 5.74) is 1.05. The maximum absolute atomic E-state index is 11.3. The molecule has 0 saturated carbocycles. The van der Waals surface area contributed by atoms with Crippen molar-refractivity contribution >= 4 is 5.78 Å². The first-order valence-electron chi connectivity index (χ1n) is 5.42. The molecule has 0 aromatic heterocycles. The highest BCUT2D eigenvalue weighted by molar-refractivity contribution is 5.79. The Morgan fingerprint density at radius 1 is 1.12 bits per heavy atom. The van der Waals surface area contributed by atoms with Crippen LogP contribution in [0.15, 0.2) is 18.2 Å². The number of rotatable bonds is 7. The van der Waals surface area contributed by atoms with Crippen molar-refractivity contribution in [3.8, 4) is 11.5 Å². The third-order valence-corrected chi connectivity index (χ3v) is 2.45. The van der Waals surface area contributed by atoms with Crippen molar-refractivity contribution in [1.29, 1.82) is 0 Å². The van der Waals surface area contributed by atoms with Crippen LogP contribution in [0.4, 0.5) is 0 Å². The van der Waals surface area contributed by atoms with E-state index in [0.29, 0.717) is 24.3 Å². The van der Waals surface area contributed by atoms with Gasteiger partial charge in [0, 0.05) is 13.5 Å². The fourth-order valence-electron chi connectivity index (χ4n) is 1.55. The van der Waals surface area contributed by atoms with E-state index in [1.165, 1.54) is 7.11 Å². The van der Waals surface area contributed by atoms with Crippen LogP contribution >= 0.6 is 0 Å². The zero-order chi connectivity index (χ0) is 12.7. The lowest BCUT2D eigenvalue weighted by Crippen LogP contribution is -2.07. The van der Waals surface area contributed by atoms with Gasteiger partial charge in [-0.05, 0) is 24.1 Å². The smallest absolute Gasteiger partial charge is 0.160 e. The molecule has 0 aliphatic rings. The Morgan fingerprint density at radius 3 is 2.41 bits per heavy atom. The highest BCUT2D eigenvalue weighted by Crippen LogP contribution is 2.27. The molecule has 0 fully saturated rings. The predicted octanol–water partition coefficient (Wildman–Crippen LogP) is 1.85. The minimum atomic E-state index is 0.0993. The second kappa shape index (κ2) is 6.91. The van der Waals surface area contributed by atoms with E-state index in [0.717, 1.165) is 5.56 Å². The normalized spacial score (nSPS) is 10.1. The summed E-state index contributed by atoms with van der Waals surface area (Å²) in [6.07, 6.45) is 1.16. The summed E-state index contributed by atoms with van der Waals surface area (Å²) >= 11 is 0. The Hall–Kier alpha value is -1.55. The molecule has 0 radical (unpaired) electrons. The minimum absolute atomic E-state index is 0.0993. The molecule has 1 rings (SSSR count). The number of hydrogen-bond acceptors (Lipinski definition) is 4. The average molecular weight is 238 g/mol. The predicted molar refractivity (Wildman–Crippen MR) is 64.8 cm³/mol. The average Bonchev–Trinajstić information content (AvgIpc) is 2.36. The Labute approximate surface area is 101 Å². The van der Waals surface area contributed by atoms with E-state index in [1.54, 1.807) is 14.2 Å². The zero-order valence-corrected chi connectivity index (χ0v) is 10.5. The number of methoxy groups -OCH3 is 3. The summed E-state index contributed by atoms with van der Waals surface area (Å²) in [6.45, 7) is 0.174. The third kappa shape index (κ3) is 4.07. The molecule has 0 unspecified atom stereocenters. The van der Waals surface area contributed by atoms with E-state index in [9.17, 15) is 4.79 Å². The van der Waals surface area contributed by atoms with E-state index in [2.05, 4.69) is 0 Å². The van der Waals surface area contributed by atoms with Gasteiger partial charge in [-0.3, -0.25) is 4.79 Å². The van der Waals surface area contributed by atoms with Gasteiger partial charge in [-0.15, -0.1) is 0 Å². The van der Waals surface area contributed by atoms with Crippen LogP contribution in [0.1, 0.15) is 12.0 Å². The molecular weight excluding hydrogens is 220 g/mol. The van der Waals surface area contributed by atoms with Crippen LogP contribution in [0.25, 0.3) is 0 Å². The fraction of sp³-hybridized carbons (Fsp3) is 0.462. The van der Waals surface area contributed by atoms with Crippen molar-refractivity contribution in [2.75, 3.05) is 27.9 Å². The molecule has 0 atom stereocenters. The molecule has 0 aliphatic carbocycles. The van der Waals surface area contributed by atoms with Crippen LogP contribution in [0.5, 0.6) is 11.5 Å². The summed E-state index contributed by atoms with van der Waals surface area (Å²) in [5.74, 6) is 1.48. The lowest BCUT2D eigenvalue weighted by molar-refractivity contribution is -0.122. The first kappa shape index (κ1) is 13.5. The van der Waals surface area contributed by atoms with Crippen molar-refractivity contribution in [2.45, 2.75) is 12.8 Å². The van der Waals surface area contributed by atoms with E-state index in [-0.39, 0.29) is 12.4 Å². The lowest BCUT2D eigenvalue weighted by atomic mass is 10.1. The third-order valence-electron chi connectivity index (χ3n) is 2.45. The Bertz CT molecular complexity index is 374. The largest absolute Gasteiger partial charge is 0.493 e. The van der Waals surface area contributed by atoms with Gasteiger partial charge in [0.05, 0.1) is 14.2 Å². The standard InChI is InChI=1S/C13H18O4/c1-15-9-11(14)6-4-10-5-7-12(16-2)13(8-10)17-3/h5,7-8H,4,6,9H2,1-3H3. The molecule has 0 heterocycles. The second-order valence-corrected chi connectivity index (χ2v) is 3.66. The summed E-state index contributed by atoms with van der Waals surface area (Å²) in [5, 5.41) is 0. The topological polar surface area (TPSA) is 44.8 Å². The number of aryl methyl sites for hydroxylation is 1. The van der Waals surface area contributed by atoms with Gasteiger partial charge < -0.3 is 14.2 Å². The molecule has 94 valence electrons. The van der Waals surface area contributed by atoms with Crippen LogP contribution in [0, 0.1) is 0 Å². The van der Waals surface area contributed by atoms with Gasteiger partial charge >= 0.3 is 0 Å². The maximum Gasteiger partial charge on any atom is 0.160 e. The maximum atomic E-state index is 11.3. The van der Waals surface area contributed by atoms with Gasteiger partial charge in [-0.25, -0.2) is 0 Å². The Morgan fingerprint density at radius 2 is 1.82 bits per heavy atom. The van der Waals surface area contributed by atoms with E-state index in [1.807, 2.05) is 18.2 Å². The number of ketones is 1. The molecule has 17 heavy (non-hydrogen) atoms. The number of carbonyl (C=O) groups is 1. The van der Waals surface area contributed by atoms with Crippen molar-refractivity contribution < 1.29 is 19.0 Å². The molecule has 0 bridgehead atoms. The van der Waals surface area contributed by atoms with Crippen molar-refractivity contribution in [3.63, 3.8) is 0 Å². The van der Waals surface area contributed by atoms with Crippen LogP contribution in [0.3, 0.4) is 0 Å². The molecule has 0 aliphatic heterocycles. The molecule has 0 amide bonds. The van der Waals surface area contributed by atoms with Gasteiger partial charge in [0.1, 0.15) is 6.61 Å². The number of ether oxygens (including phenoxy) is 3. The number of carbonyl (C=O) groups excluding carboxylic acids is 1. The van der Waals surface area contributed by atoms with Gasteiger partial charge in [0.25, 0.3) is 0 Å². The van der Waals surface area contributed by atoms with E-state index >= 15 is 0 Å². The molecule has 1 aromatic carbocycles. The SMILES string of the molecule is COCC(=O)CCc1ccc(OC)c(OC)c1.